The Labute approximate surface area is 160 Å². The number of halogens is 1. The topological polar surface area (TPSA) is 107 Å². The van der Waals surface area contributed by atoms with E-state index in [0.29, 0.717) is 17.0 Å². The van der Waals surface area contributed by atoms with Crippen molar-refractivity contribution >= 4 is 22.7 Å². The van der Waals surface area contributed by atoms with Crippen LogP contribution < -0.4 is 5.73 Å². The Kier molecular flexibility index (Phi) is 4.10. The summed E-state index contributed by atoms with van der Waals surface area (Å²) in [6.07, 6.45) is 1.66. The van der Waals surface area contributed by atoms with Crippen LogP contribution in [0.3, 0.4) is 0 Å². The fourth-order valence-electron chi connectivity index (χ4n) is 3.38. The average Bonchev–Trinajstić information content (AvgIpc) is 2.94. The summed E-state index contributed by atoms with van der Waals surface area (Å²) in [5.74, 6) is -0.188. The van der Waals surface area contributed by atoms with E-state index in [1.165, 1.54) is 11.8 Å². The van der Waals surface area contributed by atoms with Crippen LogP contribution in [0.2, 0.25) is 0 Å². The molecular formula is C19H19FN6O2. The van der Waals surface area contributed by atoms with Gasteiger partial charge in [-0.2, -0.15) is 5.10 Å². The minimum absolute atomic E-state index is 0.00957. The van der Waals surface area contributed by atoms with Crippen molar-refractivity contribution in [1.29, 1.82) is 0 Å². The molecule has 0 unspecified atom stereocenters. The Morgan fingerprint density at radius 1 is 1.32 bits per heavy atom. The Bertz CT molecular complexity index is 1100. The molecule has 1 aliphatic heterocycles. The quantitative estimate of drug-likeness (QED) is 0.729. The van der Waals surface area contributed by atoms with E-state index in [4.69, 9.17) is 5.73 Å². The monoisotopic (exact) mass is 382 g/mol. The van der Waals surface area contributed by atoms with E-state index < -0.39 is 11.6 Å². The molecule has 0 saturated carbocycles. The summed E-state index contributed by atoms with van der Waals surface area (Å²) < 4.78 is 16.7. The molecular weight excluding hydrogens is 363 g/mol. The minimum atomic E-state index is -1.67. The van der Waals surface area contributed by atoms with Gasteiger partial charge in [-0.25, -0.2) is 14.1 Å². The molecule has 8 nitrogen and oxygen atoms in total. The number of aromatic nitrogens is 4. The number of hydrogen-bond donors (Lipinski definition) is 1. The van der Waals surface area contributed by atoms with E-state index >= 15 is 4.39 Å². The molecule has 4 heterocycles. The van der Waals surface area contributed by atoms with E-state index in [1.54, 1.807) is 35.1 Å². The fourth-order valence-corrected chi connectivity index (χ4v) is 3.38. The standard InChI is InChI=1S/C19H19FN6O2/c1-11-14-8-22-13(7-17(21)28)6-15(14)26(24-11)18-5-3-4-16(23-18)19(20)9-25(10-19)12(2)27/h3-6,8H,7,9-10H2,1-2H3,(H2,21,28). The van der Waals surface area contributed by atoms with E-state index in [-0.39, 0.29) is 31.1 Å². The number of nitrogens with two attached hydrogens (primary N) is 1. The maximum atomic E-state index is 15.1. The highest BCUT2D eigenvalue weighted by molar-refractivity contribution is 5.84. The molecule has 0 aliphatic carbocycles. The van der Waals surface area contributed by atoms with Crippen molar-refractivity contribution in [2.45, 2.75) is 25.9 Å². The molecule has 2 amide bonds. The molecule has 1 aliphatic rings. The molecule has 144 valence electrons. The normalized spacial score (nSPS) is 15.5. The van der Waals surface area contributed by atoms with Gasteiger partial charge >= 0.3 is 0 Å². The number of likely N-dealkylation sites (tertiary alicyclic amines) is 1. The number of fused-ring (bicyclic) bond motifs is 1. The highest BCUT2D eigenvalue weighted by Gasteiger charge is 2.47. The van der Waals surface area contributed by atoms with Crippen LogP contribution in [0.15, 0.2) is 30.5 Å². The second-order valence-corrected chi connectivity index (χ2v) is 7.05. The summed E-state index contributed by atoms with van der Waals surface area (Å²) in [7, 11) is 0. The zero-order valence-corrected chi connectivity index (χ0v) is 15.5. The van der Waals surface area contributed by atoms with Crippen molar-refractivity contribution in [1.82, 2.24) is 24.6 Å². The lowest BCUT2D eigenvalue weighted by Gasteiger charge is -2.43. The van der Waals surface area contributed by atoms with Gasteiger partial charge in [-0.3, -0.25) is 14.6 Å². The number of amides is 2. The lowest BCUT2D eigenvalue weighted by Crippen LogP contribution is -2.58. The first-order valence-electron chi connectivity index (χ1n) is 8.82. The van der Waals surface area contributed by atoms with Crippen molar-refractivity contribution < 1.29 is 14.0 Å². The Morgan fingerprint density at radius 2 is 2.07 bits per heavy atom. The van der Waals surface area contributed by atoms with Crippen molar-refractivity contribution in [2.24, 2.45) is 5.73 Å². The molecule has 0 spiro atoms. The average molecular weight is 382 g/mol. The lowest BCUT2D eigenvalue weighted by molar-refractivity contribution is -0.144. The summed E-state index contributed by atoms with van der Waals surface area (Å²) >= 11 is 0. The number of carbonyl (C=O) groups excluding carboxylic acids is 2. The number of hydrogen-bond acceptors (Lipinski definition) is 5. The molecule has 0 radical (unpaired) electrons. The molecule has 0 atom stereocenters. The summed E-state index contributed by atoms with van der Waals surface area (Å²) in [5.41, 5.74) is 5.82. The van der Waals surface area contributed by atoms with Crippen LogP contribution in [0, 0.1) is 6.92 Å². The van der Waals surface area contributed by atoms with Gasteiger partial charge in [-0.05, 0) is 25.1 Å². The summed E-state index contributed by atoms with van der Waals surface area (Å²) in [5, 5.41) is 5.31. The predicted octanol–water partition coefficient (Wildman–Crippen LogP) is 1.18. The van der Waals surface area contributed by atoms with Crippen LogP contribution in [0.4, 0.5) is 4.39 Å². The number of alkyl halides is 1. The largest absolute Gasteiger partial charge is 0.369 e. The third-order valence-electron chi connectivity index (χ3n) is 4.90. The molecule has 0 bridgehead atoms. The zero-order valence-electron chi connectivity index (χ0n) is 15.5. The lowest BCUT2D eigenvalue weighted by atomic mass is 9.92. The predicted molar refractivity (Wildman–Crippen MR) is 99.3 cm³/mol. The maximum absolute atomic E-state index is 15.1. The second-order valence-electron chi connectivity index (χ2n) is 7.05. The van der Waals surface area contributed by atoms with E-state index in [2.05, 4.69) is 15.1 Å². The number of rotatable bonds is 4. The highest BCUT2D eigenvalue weighted by atomic mass is 19.1. The highest BCUT2D eigenvalue weighted by Crippen LogP contribution is 2.35. The van der Waals surface area contributed by atoms with Crippen molar-refractivity contribution in [3.63, 3.8) is 0 Å². The van der Waals surface area contributed by atoms with Gasteiger partial charge in [0.2, 0.25) is 11.8 Å². The molecule has 1 fully saturated rings. The van der Waals surface area contributed by atoms with Gasteiger partial charge < -0.3 is 10.6 Å². The Hall–Kier alpha value is -3.36. The van der Waals surface area contributed by atoms with Crippen molar-refractivity contribution in [2.75, 3.05) is 13.1 Å². The number of aryl methyl sites for hydroxylation is 1. The molecule has 28 heavy (non-hydrogen) atoms. The van der Waals surface area contributed by atoms with E-state index in [1.807, 2.05) is 6.92 Å². The first-order valence-corrected chi connectivity index (χ1v) is 8.82. The zero-order chi connectivity index (χ0) is 20.1. The van der Waals surface area contributed by atoms with Crippen molar-refractivity contribution in [3.05, 3.63) is 47.5 Å². The van der Waals surface area contributed by atoms with Crippen molar-refractivity contribution in [3.8, 4) is 5.82 Å². The number of primary amides is 1. The van der Waals surface area contributed by atoms with Gasteiger partial charge in [-0.1, -0.05) is 6.07 Å². The van der Waals surface area contributed by atoms with Crippen LogP contribution in [-0.2, 0) is 21.7 Å². The Balaban J connectivity index is 1.74. The molecule has 3 aromatic heterocycles. The van der Waals surface area contributed by atoms with Crippen LogP contribution in [-0.4, -0.2) is 49.6 Å². The first-order chi connectivity index (χ1) is 13.3. The van der Waals surface area contributed by atoms with Crippen LogP contribution >= 0.6 is 0 Å². The maximum Gasteiger partial charge on any atom is 0.223 e. The molecule has 2 N–H and O–H groups in total. The molecule has 3 aromatic rings. The van der Waals surface area contributed by atoms with Gasteiger partial charge in [-0.15, -0.1) is 0 Å². The molecule has 1 saturated heterocycles. The van der Waals surface area contributed by atoms with Crippen LogP contribution in [0.5, 0.6) is 0 Å². The minimum Gasteiger partial charge on any atom is -0.369 e. The molecule has 4 rings (SSSR count). The third-order valence-corrected chi connectivity index (χ3v) is 4.90. The van der Waals surface area contributed by atoms with Gasteiger partial charge in [0.15, 0.2) is 11.5 Å². The molecule has 0 aromatic carbocycles. The van der Waals surface area contributed by atoms with Crippen LogP contribution in [0.25, 0.3) is 16.7 Å². The summed E-state index contributed by atoms with van der Waals surface area (Å²) in [6.45, 7) is 3.24. The van der Waals surface area contributed by atoms with Gasteiger partial charge in [0.05, 0.1) is 42.1 Å². The summed E-state index contributed by atoms with van der Waals surface area (Å²) in [6, 6.07) is 6.79. The van der Waals surface area contributed by atoms with Crippen LogP contribution in [0.1, 0.15) is 24.0 Å². The number of pyridine rings is 2. The van der Waals surface area contributed by atoms with E-state index in [9.17, 15) is 9.59 Å². The van der Waals surface area contributed by atoms with E-state index in [0.717, 1.165) is 11.1 Å². The number of carbonyl (C=O) groups is 2. The van der Waals surface area contributed by atoms with Gasteiger partial charge in [0, 0.05) is 18.5 Å². The van der Waals surface area contributed by atoms with Gasteiger partial charge in [0.25, 0.3) is 0 Å². The SMILES string of the molecule is CC(=O)N1CC(F)(c2cccc(-n3nc(C)c4cnc(CC(N)=O)cc43)n2)C1. The number of nitrogens with zero attached hydrogens (tertiary/aromatic N) is 5. The first kappa shape index (κ1) is 18.0. The fraction of sp³-hybridized carbons (Fsp3) is 0.316. The van der Waals surface area contributed by atoms with Gasteiger partial charge in [0.1, 0.15) is 0 Å². The Morgan fingerprint density at radius 3 is 2.75 bits per heavy atom. The third kappa shape index (κ3) is 2.98. The smallest absolute Gasteiger partial charge is 0.223 e. The second kappa shape index (κ2) is 6.36. The summed E-state index contributed by atoms with van der Waals surface area (Å²) in [4.78, 5) is 32.7. The molecule has 9 heteroatoms.